The number of ether oxygens (including phenoxy) is 1. The molecule has 1 amide bonds. The van der Waals surface area contributed by atoms with Crippen molar-refractivity contribution in [3.63, 3.8) is 0 Å². The lowest BCUT2D eigenvalue weighted by Crippen LogP contribution is -3.19. The summed E-state index contributed by atoms with van der Waals surface area (Å²) in [4.78, 5) is 16.7. The SMILES string of the molecule is CCC[C@H](NC(=O)[C@@H](C)[NH+]1CCN(c2cccc(OC)c2)CC1)c1ccccc1. The van der Waals surface area contributed by atoms with Crippen LogP contribution in [0.1, 0.15) is 38.3 Å². The van der Waals surface area contributed by atoms with Crippen molar-refractivity contribution in [2.24, 2.45) is 0 Å². The Morgan fingerprint density at radius 2 is 1.86 bits per heavy atom. The third-order valence-electron chi connectivity index (χ3n) is 5.93. The van der Waals surface area contributed by atoms with Gasteiger partial charge in [-0.1, -0.05) is 49.7 Å². The van der Waals surface area contributed by atoms with Crippen LogP contribution in [0.5, 0.6) is 5.75 Å². The Labute approximate surface area is 174 Å². The van der Waals surface area contributed by atoms with Gasteiger partial charge in [-0.3, -0.25) is 4.79 Å². The number of piperazine rings is 1. The number of nitrogens with one attached hydrogen (secondary N) is 2. The number of amides is 1. The van der Waals surface area contributed by atoms with Gasteiger partial charge in [-0.05, 0) is 31.0 Å². The molecule has 5 heteroatoms. The van der Waals surface area contributed by atoms with Gasteiger partial charge in [-0.25, -0.2) is 0 Å². The first-order valence-corrected chi connectivity index (χ1v) is 10.7. The van der Waals surface area contributed by atoms with Gasteiger partial charge in [0, 0.05) is 11.8 Å². The molecule has 2 aromatic rings. The van der Waals surface area contributed by atoms with Crippen LogP contribution in [0.15, 0.2) is 54.6 Å². The molecule has 0 radical (unpaired) electrons. The van der Waals surface area contributed by atoms with Gasteiger partial charge < -0.3 is 19.9 Å². The summed E-state index contributed by atoms with van der Waals surface area (Å²) in [5.41, 5.74) is 2.38. The molecule has 1 aliphatic heterocycles. The van der Waals surface area contributed by atoms with E-state index in [-0.39, 0.29) is 18.0 Å². The van der Waals surface area contributed by atoms with Crippen LogP contribution < -0.4 is 19.9 Å². The number of carbonyl (C=O) groups is 1. The first-order chi connectivity index (χ1) is 14.1. The predicted octanol–water partition coefficient (Wildman–Crippen LogP) is 2.45. The highest BCUT2D eigenvalue weighted by Gasteiger charge is 2.30. The molecular formula is C24H34N3O2+. The van der Waals surface area contributed by atoms with Gasteiger partial charge in [0.2, 0.25) is 0 Å². The fraction of sp³-hybridized carbons (Fsp3) is 0.458. The van der Waals surface area contributed by atoms with Crippen LogP contribution in [0.2, 0.25) is 0 Å². The minimum atomic E-state index is -0.0504. The number of hydrogen-bond donors (Lipinski definition) is 2. The molecule has 1 saturated heterocycles. The van der Waals surface area contributed by atoms with Crippen LogP contribution >= 0.6 is 0 Å². The zero-order chi connectivity index (χ0) is 20.6. The molecule has 5 nitrogen and oxygen atoms in total. The molecule has 29 heavy (non-hydrogen) atoms. The number of carbonyl (C=O) groups excluding carboxylic acids is 1. The van der Waals surface area contributed by atoms with E-state index in [9.17, 15) is 4.79 Å². The zero-order valence-corrected chi connectivity index (χ0v) is 17.9. The minimum absolute atomic E-state index is 0.0504. The zero-order valence-electron chi connectivity index (χ0n) is 17.9. The molecule has 1 heterocycles. The lowest BCUT2D eigenvalue weighted by molar-refractivity contribution is -0.914. The van der Waals surface area contributed by atoms with E-state index in [0.717, 1.165) is 44.8 Å². The second-order valence-electron chi connectivity index (χ2n) is 7.83. The molecule has 0 aromatic heterocycles. The highest BCUT2D eigenvalue weighted by atomic mass is 16.5. The Kier molecular flexibility index (Phi) is 7.53. The minimum Gasteiger partial charge on any atom is -0.497 e. The Morgan fingerprint density at radius 1 is 1.14 bits per heavy atom. The molecule has 156 valence electrons. The van der Waals surface area contributed by atoms with Crippen LogP contribution in [0.3, 0.4) is 0 Å². The Bertz CT molecular complexity index is 773. The lowest BCUT2D eigenvalue weighted by atomic mass is 10.0. The van der Waals surface area contributed by atoms with E-state index in [1.807, 2.05) is 30.3 Å². The third kappa shape index (κ3) is 5.51. The van der Waals surface area contributed by atoms with Gasteiger partial charge in [-0.15, -0.1) is 0 Å². The van der Waals surface area contributed by atoms with Crippen LogP contribution in [0.4, 0.5) is 5.69 Å². The predicted molar refractivity (Wildman–Crippen MR) is 118 cm³/mol. The number of anilines is 1. The van der Waals surface area contributed by atoms with E-state index in [0.29, 0.717) is 0 Å². The standard InChI is InChI=1S/C24H33N3O2/c1-4-9-23(20-10-6-5-7-11-20)25-24(28)19(2)26-14-16-27(17-15-26)21-12-8-13-22(18-21)29-3/h5-8,10-13,18-19,23H,4,9,14-17H2,1-3H3,(H,25,28)/p+1/t19-,23+/m1/s1. The maximum atomic E-state index is 13.0. The van der Waals surface area contributed by atoms with Crippen molar-refractivity contribution in [1.82, 2.24) is 5.32 Å². The molecule has 1 aliphatic rings. The molecule has 2 N–H and O–H groups in total. The van der Waals surface area contributed by atoms with Crippen molar-refractivity contribution in [2.75, 3.05) is 38.2 Å². The van der Waals surface area contributed by atoms with Gasteiger partial charge >= 0.3 is 0 Å². The maximum Gasteiger partial charge on any atom is 0.278 e. The highest BCUT2D eigenvalue weighted by molar-refractivity contribution is 5.80. The van der Waals surface area contributed by atoms with Crippen molar-refractivity contribution in [3.05, 3.63) is 60.2 Å². The molecule has 2 aromatic carbocycles. The van der Waals surface area contributed by atoms with E-state index in [1.165, 1.54) is 16.2 Å². The van der Waals surface area contributed by atoms with Gasteiger partial charge in [0.05, 0.1) is 39.3 Å². The molecule has 1 fully saturated rings. The smallest absolute Gasteiger partial charge is 0.278 e. The first kappa shape index (κ1) is 21.2. The molecule has 2 atom stereocenters. The van der Waals surface area contributed by atoms with Crippen LogP contribution in [-0.2, 0) is 4.79 Å². The van der Waals surface area contributed by atoms with Crippen LogP contribution in [-0.4, -0.2) is 45.2 Å². The first-order valence-electron chi connectivity index (χ1n) is 10.7. The number of rotatable bonds is 8. The number of nitrogens with zero attached hydrogens (tertiary/aromatic N) is 1. The largest absolute Gasteiger partial charge is 0.497 e. The number of methoxy groups -OCH3 is 1. The fourth-order valence-electron chi connectivity index (χ4n) is 4.07. The van der Waals surface area contributed by atoms with Crippen molar-refractivity contribution in [2.45, 2.75) is 38.8 Å². The molecule has 3 rings (SSSR count). The Balaban J connectivity index is 1.56. The molecule has 0 saturated carbocycles. The average molecular weight is 397 g/mol. The van der Waals surface area contributed by atoms with Gasteiger partial charge in [-0.2, -0.15) is 0 Å². The molecule has 0 bridgehead atoms. The fourth-order valence-corrected chi connectivity index (χ4v) is 4.07. The van der Waals surface area contributed by atoms with Crippen molar-refractivity contribution in [1.29, 1.82) is 0 Å². The van der Waals surface area contributed by atoms with Gasteiger partial charge in [0.1, 0.15) is 5.75 Å². The van der Waals surface area contributed by atoms with Gasteiger partial charge in [0.25, 0.3) is 5.91 Å². The summed E-state index contributed by atoms with van der Waals surface area (Å²) in [7, 11) is 1.70. The van der Waals surface area contributed by atoms with E-state index in [4.69, 9.17) is 4.74 Å². The second kappa shape index (κ2) is 10.3. The molecular weight excluding hydrogens is 362 g/mol. The van der Waals surface area contributed by atoms with E-state index < -0.39 is 0 Å². The third-order valence-corrected chi connectivity index (χ3v) is 5.93. The molecule has 0 aliphatic carbocycles. The number of benzene rings is 2. The Hall–Kier alpha value is -2.53. The van der Waals surface area contributed by atoms with Crippen molar-refractivity contribution >= 4 is 11.6 Å². The summed E-state index contributed by atoms with van der Waals surface area (Å²) in [6.07, 6.45) is 2.00. The topological polar surface area (TPSA) is 46.0 Å². The van der Waals surface area contributed by atoms with E-state index >= 15 is 0 Å². The number of quaternary nitrogens is 1. The summed E-state index contributed by atoms with van der Waals surface area (Å²) in [5, 5.41) is 3.30. The van der Waals surface area contributed by atoms with E-state index in [1.54, 1.807) is 7.11 Å². The summed E-state index contributed by atoms with van der Waals surface area (Å²) in [5.74, 6) is 1.03. The normalized spacial score (nSPS) is 16.9. The summed E-state index contributed by atoms with van der Waals surface area (Å²) in [6, 6.07) is 18.5. The Morgan fingerprint density at radius 3 is 2.52 bits per heavy atom. The van der Waals surface area contributed by atoms with Crippen LogP contribution in [0.25, 0.3) is 0 Å². The second-order valence-corrected chi connectivity index (χ2v) is 7.83. The lowest BCUT2D eigenvalue weighted by Gasteiger charge is -2.36. The summed E-state index contributed by atoms with van der Waals surface area (Å²) in [6.45, 7) is 8.01. The summed E-state index contributed by atoms with van der Waals surface area (Å²) >= 11 is 0. The molecule has 0 unspecified atom stereocenters. The van der Waals surface area contributed by atoms with Crippen molar-refractivity contribution in [3.8, 4) is 5.75 Å². The van der Waals surface area contributed by atoms with E-state index in [2.05, 4.69) is 48.3 Å². The average Bonchev–Trinajstić information content (AvgIpc) is 2.79. The maximum absolute atomic E-state index is 13.0. The van der Waals surface area contributed by atoms with Gasteiger partial charge in [0.15, 0.2) is 6.04 Å². The summed E-state index contributed by atoms with van der Waals surface area (Å²) < 4.78 is 5.34. The van der Waals surface area contributed by atoms with Crippen LogP contribution in [0, 0.1) is 0 Å². The van der Waals surface area contributed by atoms with Crippen molar-refractivity contribution < 1.29 is 14.4 Å². The quantitative estimate of drug-likeness (QED) is 0.721. The number of hydrogen-bond acceptors (Lipinski definition) is 3. The highest BCUT2D eigenvalue weighted by Crippen LogP contribution is 2.21. The molecule has 0 spiro atoms. The monoisotopic (exact) mass is 396 g/mol.